The number of alkyl halides is 2. The van der Waals surface area contributed by atoms with Crippen LogP contribution in [0.4, 0.5) is 26.0 Å². The van der Waals surface area contributed by atoms with Crippen LogP contribution in [0.2, 0.25) is 0 Å². The topological polar surface area (TPSA) is 75.9 Å². The van der Waals surface area contributed by atoms with Crippen molar-refractivity contribution in [2.75, 3.05) is 16.8 Å². The summed E-state index contributed by atoms with van der Waals surface area (Å²) in [6, 6.07) is 0. The maximum absolute atomic E-state index is 12.4. The molecule has 0 saturated carbocycles. The van der Waals surface area contributed by atoms with Crippen LogP contribution >= 0.6 is 0 Å². The molecule has 9 heteroatoms. The van der Waals surface area contributed by atoms with E-state index in [0.717, 1.165) is 4.68 Å². The van der Waals surface area contributed by atoms with Gasteiger partial charge in [-0.1, -0.05) is 0 Å². The van der Waals surface area contributed by atoms with Crippen molar-refractivity contribution in [3.05, 3.63) is 24.4 Å². The van der Waals surface area contributed by atoms with E-state index >= 15 is 0 Å². The van der Waals surface area contributed by atoms with Gasteiger partial charge in [-0.05, 0) is 6.92 Å². The number of hydrogen-bond donors (Lipinski definition) is 1. The molecule has 0 bridgehead atoms. The molecule has 1 amide bonds. The minimum atomic E-state index is -2.49. The Bertz CT molecular complexity index is 686. The molecule has 0 aromatic carbocycles. The van der Waals surface area contributed by atoms with Crippen molar-refractivity contribution in [2.45, 2.75) is 19.9 Å². The minimum Gasteiger partial charge on any atom is -0.320 e. The second-order valence-corrected chi connectivity index (χ2v) is 4.60. The molecule has 2 aromatic heterocycles. The van der Waals surface area contributed by atoms with Crippen LogP contribution in [0.25, 0.3) is 0 Å². The molecule has 1 aliphatic heterocycles. The van der Waals surface area contributed by atoms with Gasteiger partial charge in [-0.15, -0.1) is 0 Å². The first-order valence-electron chi connectivity index (χ1n) is 6.24. The summed E-state index contributed by atoms with van der Waals surface area (Å²) in [6.45, 7) is 1.29. The fourth-order valence-electron chi connectivity index (χ4n) is 2.11. The normalized spacial score (nSPS) is 14.3. The van der Waals surface area contributed by atoms with Gasteiger partial charge in [0, 0.05) is 6.20 Å². The first-order chi connectivity index (χ1) is 10.0. The third kappa shape index (κ3) is 2.67. The number of halogens is 2. The fourth-order valence-corrected chi connectivity index (χ4v) is 2.11. The third-order valence-corrected chi connectivity index (χ3v) is 2.98. The van der Waals surface area contributed by atoms with Crippen LogP contribution < -0.4 is 10.2 Å². The van der Waals surface area contributed by atoms with Crippen molar-refractivity contribution < 1.29 is 13.6 Å². The van der Waals surface area contributed by atoms with Gasteiger partial charge in [-0.2, -0.15) is 5.10 Å². The average Bonchev–Trinajstić information content (AvgIpc) is 2.86. The van der Waals surface area contributed by atoms with E-state index in [9.17, 15) is 13.6 Å². The number of rotatable bonds is 3. The second-order valence-electron chi connectivity index (χ2n) is 4.60. The molecule has 21 heavy (non-hydrogen) atoms. The minimum absolute atomic E-state index is 0.0455. The smallest absolute Gasteiger partial charge is 0.257 e. The van der Waals surface area contributed by atoms with Gasteiger partial charge in [0.2, 0.25) is 5.91 Å². The summed E-state index contributed by atoms with van der Waals surface area (Å²) in [7, 11) is 0. The van der Waals surface area contributed by atoms with E-state index < -0.39 is 13.0 Å². The van der Waals surface area contributed by atoms with Gasteiger partial charge in [-0.25, -0.2) is 18.7 Å². The lowest BCUT2D eigenvalue weighted by atomic mass is 10.3. The first-order valence-corrected chi connectivity index (χ1v) is 6.24. The highest BCUT2D eigenvalue weighted by atomic mass is 19.3. The third-order valence-electron chi connectivity index (χ3n) is 2.98. The molecule has 0 aliphatic carbocycles. The number of fused-ring (bicyclic) bond motifs is 1. The molecule has 2 aromatic rings. The Hall–Kier alpha value is -2.58. The zero-order chi connectivity index (χ0) is 15.0. The molecule has 3 heterocycles. The number of carbonyl (C=O) groups is 1. The predicted octanol–water partition coefficient (Wildman–Crippen LogP) is 1.34. The maximum atomic E-state index is 12.4. The van der Waals surface area contributed by atoms with Crippen molar-refractivity contribution in [3.8, 4) is 0 Å². The van der Waals surface area contributed by atoms with E-state index in [0.29, 0.717) is 23.0 Å². The predicted molar refractivity (Wildman–Crippen MR) is 70.6 cm³/mol. The Labute approximate surface area is 118 Å². The van der Waals surface area contributed by atoms with E-state index in [1.807, 2.05) is 0 Å². The van der Waals surface area contributed by atoms with Crippen LogP contribution in [-0.2, 0) is 11.3 Å². The van der Waals surface area contributed by atoms with Gasteiger partial charge in [-0.3, -0.25) is 9.48 Å². The Kier molecular flexibility index (Phi) is 3.24. The Morgan fingerprint density at radius 1 is 1.43 bits per heavy atom. The zero-order valence-electron chi connectivity index (χ0n) is 11.1. The number of hydrogen-bond acceptors (Lipinski definition) is 5. The number of amides is 1. The molecule has 1 N–H and O–H groups in total. The molecule has 0 fully saturated rings. The molecular formula is C12H12F2N6O. The van der Waals surface area contributed by atoms with Crippen molar-refractivity contribution in [3.63, 3.8) is 0 Å². The maximum Gasteiger partial charge on any atom is 0.257 e. The van der Waals surface area contributed by atoms with Crippen LogP contribution in [-0.4, -0.2) is 38.6 Å². The van der Waals surface area contributed by atoms with Gasteiger partial charge in [0.15, 0.2) is 5.82 Å². The summed E-state index contributed by atoms with van der Waals surface area (Å²) < 4.78 is 25.9. The van der Waals surface area contributed by atoms with E-state index in [1.165, 1.54) is 18.6 Å². The van der Waals surface area contributed by atoms with Gasteiger partial charge < -0.3 is 10.2 Å². The lowest BCUT2D eigenvalue weighted by Crippen LogP contribution is -2.35. The molecular weight excluding hydrogens is 282 g/mol. The van der Waals surface area contributed by atoms with E-state index in [4.69, 9.17) is 0 Å². The zero-order valence-corrected chi connectivity index (χ0v) is 11.1. The summed E-state index contributed by atoms with van der Waals surface area (Å²) in [5.41, 5.74) is 1.02. The van der Waals surface area contributed by atoms with Gasteiger partial charge in [0.25, 0.3) is 6.43 Å². The van der Waals surface area contributed by atoms with Crippen molar-refractivity contribution >= 4 is 23.1 Å². The van der Waals surface area contributed by atoms with E-state index in [1.54, 1.807) is 11.8 Å². The van der Waals surface area contributed by atoms with Crippen LogP contribution in [0, 0.1) is 6.92 Å². The highest BCUT2D eigenvalue weighted by Gasteiger charge is 2.26. The van der Waals surface area contributed by atoms with Crippen molar-refractivity contribution in [2.24, 2.45) is 0 Å². The molecule has 0 atom stereocenters. The summed E-state index contributed by atoms with van der Waals surface area (Å²) in [5.74, 6) is 0.852. The highest BCUT2D eigenvalue weighted by Crippen LogP contribution is 2.32. The van der Waals surface area contributed by atoms with E-state index in [2.05, 4.69) is 20.4 Å². The monoisotopic (exact) mass is 294 g/mol. The summed E-state index contributed by atoms with van der Waals surface area (Å²) in [5, 5.41) is 6.54. The number of nitrogens with one attached hydrogen (secondary N) is 1. The molecule has 0 unspecified atom stereocenters. The highest BCUT2D eigenvalue weighted by molar-refractivity contribution is 6.01. The average molecular weight is 294 g/mol. The van der Waals surface area contributed by atoms with Gasteiger partial charge in [0.1, 0.15) is 24.6 Å². The molecule has 0 spiro atoms. The van der Waals surface area contributed by atoms with Crippen LogP contribution in [0.1, 0.15) is 5.82 Å². The first kappa shape index (κ1) is 13.4. The molecule has 7 nitrogen and oxygen atoms in total. The molecule has 1 aliphatic rings. The molecule has 0 radical (unpaired) electrons. The number of aryl methyl sites for hydroxylation is 1. The Morgan fingerprint density at radius 3 is 3.00 bits per heavy atom. The SMILES string of the molecule is Cc1ncc2c(n1)N(c1cnn(CC(F)F)c1)CC(=O)N2. The number of carbonyl (C=O) groups excluding carboxylic acids is 1. The number of nitrogens with zero attached hydrogens (tertiary/aromatic N) is 5. The summed E-state index contributed by atoms with van der Waals surface area (Å²) in [6.07, 6.45) is 1.93. The second kappa shape index (κ2) is 5.08. The fraction of sp³-hybridized carbons (Fsp3) is 0.333. The quantitative estimate of drug-likeness (QED) is 0.924. The molecule has 110 valence electrons. The van der Waals surface area contributed by atoms with Crippen LogP contribution in [0.3, 0.4) is 0 Å². The Morgan fingerprint density at radius 2 is 2.24 bits per heavy atom. The van der Waals surface area contributed by atoms with Crippen LogP contribution in [0.5, 0.6) is 0 Å². The Balaban J connectivity index is 1.97. The largest absolute Gasteiger partial charge is 0.320 e. The molecule has 0 saturated heterocycles. The summed E-state index contributed by atoms with van der Waals surface area (Å²) >= 11 is 0. The summed E-state index contributed by atoms with van der Waals surface area (Å²) in [4.78, 5) is 21.7. The number of aromatic nitrogens is 4. The standard InChI is InChI=1S/C12H12F2N6O/c1-7-15-3-9-12(17-7)20(6-11(21)18-9)8-2-16-19(4-8)5-10(13)14/h2-4,10H,5-6H2,1H3,(H,18,21). The number of anilines is 3. The van der Waals surface area contributed by atoms with Crippen molar-refractivity contribution in [1.29, 1.82) is 0 Å². The molecule has 3 rings (SSSR count). The van der Waals surface area contributed by atoms with Gasteiger partial charge in [0.05, 0.1) is 18.1 Å². The lowest BCUT2D eigenvalue weighted by molar-refractivity contribution is -0.115. The lowest BCUT2D eigenvalue weighted by Gasteiger charge is -2.28. The van der Waals surface area contributed by atoms with Crippen LogP contribution in [0.15, 0.2) is 18.6 Å². The van der Waals surface area contributed by atoms with E-state index in [-0.39, 0.29) is 12.5 Å². The van der Waals surface area contributed by atoms with Crippen molar-refractivity contribution in [1.82, 2.24) is 19.7 Å². The van der Waals surface area contributed by atoms with Gasteiger partial charge >= 0.3 is 0 Å².